The van der Waals surface area contributed by atoms with E-state index in [1.165, 1.54) is 11.3 Å². The van der Waals surface area contributed by atoms with Crippen LogP contribution in [0.5, 0.6) is 0 Å². The maximum absolute atomic E-state index is 13.4. The Labute approximate surface area is 187 Å². The number of nitrogens with zero attached hydrogens (tertiary/aromatic N) is 4. The summed E-state index contributed by atoms with van der Waals surface area (Å²) < 4.78 is 2.46. The summed E-state index contributed by atoms with van der Waals surface area (Å²) in [5, 5.41) is 7.98. The van der Waals surface area contributed by atoms with Crippen LogP contribution in [0.2, 0.25) is 0 Å². The Hall–Kier alpha value is -2.74. The summed E-state index contributed by atoms with van der Waals surface area (Å²) in [5.41, 5.74) is 2.26. The highest BCUT2D eigenvalue weighted by atomic mass is 32.1. The second kappa shape index (κ2) is 8.42. The molecule has 0 radical (unpaired) electrons. The summed E-state index contributed by atoms with van der Waals surface area (Å²) in [7, 11) is 0. The molecule has 8 heteroatoms. The zero-order valence-corrected chi connectivity index (χ0v) is 20.3. The lowest BCUT2D eigenvalue weighted by molar-refractivity contribution is 0.0637. The van der Waals surface area contributed by atoms with Crippen LogP contribution in [0.4, 0.5) is 5.13 Å². The fraction of sp³-hybridized carbons (Fsp3) is 0.478. The molecule has 0 spiro atoms. The van der Waals surface area contributed by atoms with Crippen LogP contribution in [0.25, 0.3) is 10.3 Å². The van der Waals surface area contributed by atoms with Gasteiger partial charge in [-0.1, -0.05) is 29.0 Å². The van der Waals surface area contributed by atoms with Crippen molar-refractivity contribution in [1.82, 2.24) is 19.7 Å². The molecule has 0 unspecified atom stereocenters. The fourth-order valence-corrected chi connectivity index (χ4v) is 4.44. The molecule has 0 saturated heterocycles. The van der Waals surface area contributed by atoms with Gasteiger partial charge < -0.3 is 4.90 Å². The Balaban J connectivity index is 2.04. The van der Waals surface area contributed by atoms with Crippen LogP contribution < -0.4 is 5.32 Å². The monoisotopic (exact) mass is 441 g/mol. The molecule has 0 aliphatic rings. The van der Waals surface area contributed by atoms with E-state index in [4.69, 9.17) is 0 Å². The van der Waals surface area contributed by atoms with Crippen LogP contribution in [0, 0.1) is 6.92 Å². The lowest BCUT2D eigenvalue weighted by Crippen LogP contribution is -2.42. The largest absolute Gasteiger partial charge is 0.332 e. The molecule has 0 saturated carbocycles. The van der Waals surface area contributed by atoms with Crippen LogP contribution in [0.1, 0.15) is 74.9 Å². The fourth-order valence-electron chi connectivity index (χ4n) is 3.53. The highest BCUT2D eigenvalue weighted by molar-refractivity contribution is 7.22. The second-order valence-corrected chi connectivity index (χ2v) is 10.3. The Morgan fingerprint density at radius 3 is 2.16 bits per heavy atom. The minimum atomic E-state index is -0.371. The zero-order valence-electron chi connectivity index (χ0n) is 19.5. The van der Waals surface area contributed by atoms with E-state index in [0.29, 0.717) is 26.7 Å². The number of aromatic nitrogens is 3. The first-order chi connectivity index (χ1) is 14.4. The number of carbonyl (C=O) groups excluding carboxylic acids is 2. The first-order valence-corrected chi connectivity index (χ1v) is 11.3. The van der Waals surface area contributed by atoms with Crippen molar-refractivity contribution in [3.05, 3.63) is 41.1 Å². The number of anilines is 1. The molecule has 31 heavy (non-hydrogen) atoms. The third-order valence-electron chi connectivity index (χ3n) is 4.94. The zero-order chi connectivity index (χ0) is 23.1. The highest BCUT2D eigenvalue weighted by Crippen LogP contribution is 2.33. The summed E-state index contributed by atoms with van der Waals surface area (Å²) in [6.45, 7) is 16.0. The third-order valence-corrected chi connectivity index (χ3v) is 5.91. The first-order valence-electron chi connectivity index (χ1n) is 10.5. The Kier molecular flexibility index (Phi) is 6.23. The van der Waals surface area contributed by atoms with Gasteiger partial charge in [0.05, 0.1) is 5.54 Å². The SMILES string of the molecule is Cc1ccc(C(=O)Nc2nc3c(s2)c(C(=O)N(C(C)C)C(C)C)nn3C(C)(C)C)cc1. The number of rotatable bonds is 5. The summed E-state index contributed by atoms with van der Waals surface area (Å²) in [5.74, 6) is -0.358. The van der Waals surface area contributed by atoms with Crippen molar-refractivity contribution in [1.29, 1.82) is 0 Å². The molecule has 1 N–H and O–H groups in total. The van der Waals surface area contributed by atoms with Crippen molar-refractivity contribution in [3.63, 3.8) is 0 Å². The van der Waals surface area contributed by atoms with Crippen LogP contribution in [-0.4, -0.2) is 43.6 Å². The van der Waals surface area contributed by atoms with E-state index >= 15 is 0 Å². The first kappa shape index (κ1) is 22.9. The van der Waals surface area contributed by atoms with Gasteiger partial charge in [-0.25, -0.2) is 4.68 Å². The van der Waals surface area contributed by atoms with E-state index in [9.17, 15) is 9.59 Å². The highest BCUT2D eigenvalue weighted by Gasteiger charge is 2.31. The number of hydrogen-bond acceptors (Lipinski definition) is 5. The summed E-state index contributed by atoms with van der Waals surface area (Å²) >= 11 is 1.28. The van der Waals surface area contributed by atoms with E-state index in [1.807, 2.05) is 72.4 Å². The van der Waals surface area contributed by atoms with E-state index in [-0.39, 0.29) is 29.4 Å². The van der Waals surface area contributed by atoms with E-state index in [1.54, 1.807) is 16.8 Å². The maximum atomic E-state index is 13.4. The second-order valence-electron chi connectivity index (χ2n) is 9.32. The van der Waals surface area contributed by atoms with Gasteiger partial charge in [0.25, 0.3) is 11.8 Å². The van der Waals surface area contributed by atoms with Gasteiger partial charge in [-0.2, -0.15) is 10.1 Å². The molecule has 0 bridgehead atoms. The maximum Gasteiger partial charge on any atom is 0.276 e. The van der Waals surface area contributed by atoms with E-state index < -0.39 is 0 Å². The molecule has 1 aromatic carbocycles. The van der Waals surface area contributed by atoms with Gasteiger partial charge in [-0.05, 0) is 67.5 Å². The molecular formula is C23H31N5O2S. The number of aryl methyl sites for hydroxylation is 1. The van der Waals surface area contributed by atoms with Crippen LogP contribution >= 0.6 is 11.3 Å². The van der Waals surface area contributed by atoms with Gasteiger partial charge in [0.1, 0.15) is 4.70 Å². The van der Waals surface area contributed by atoms with Crippen molar-refractivity contribution < 1.29 is 9.59 Å². The molecule has 2 aromatic heterocycles. The normalized spacial score (nSPS) is 12.1. The lowest BCUT2D eigenvalue weighted by Gasteiger charge is -2.30. The average molecular weight is 442 g/mol. The van der Waals surface area contributed by atoms with E-state index in [2.05, 4.69) is 15.4 Å². The van der Waals surface area contributed by atoms with E-state index in [0.717, 1.165) is 5.56 Å². The molecule has 0 aliphatic heterocycles. The topological polar surface area (TPSA) is 80.1 Å². The summed E-state index contributed by atoms with van der Waals surface area (Å²) in [6, 6.07) is 7.44. The summed E-state index contributed by atoms with van der Waals surface area (Å²) in [4.78, 5) is 32.5. The Morgan fingerprint density at radius 2 is 1.65 bits per heavy atom. The summed E-state index contributed by atoms with van der Waals surface area (Å²) in [6.07, 6.45) is 0. The molecule has 0 aliphatic carbocycles. The minimum absolute atomic E-state index is 0.0379. The van der Waals surface area contributed by atoms with Gasteiger partial charge in [0.15, 0.2) is 16.5 Å². The number of hydrogen-bond donors (Lipinski definition) is 1. The van der Waals surface area contributed by atoms with Crippen molar-refractivity contribution in [2.45, 2.75) is 73.0 Å². The molecule has 3 aromatic rings. The van der Waals surface area contributed by atoms with Crippen LogP contribution in [-0.2, 0) is 5.54 Å². The number of fused-ring (bicyclic) bond motifs is 1. The lowest BCUT2D eigenvalue weighted by atomic mass is 10.1. The molecule has 0 fully saturated rings. The molecule has 7 nitrogen and oxygen atoms in total. The molecule has 0 atom stereocenters. The average Bonchev–Trinajstić information content (AvgIpc) is 3.19. The van der Waals surface area contributed by atoms with Crippen molar-refractivity contribution in [2.75, 3.05) is 5.32 Å². The van der Waals surface area contributed by atoms with Gasteiger partial charge >= 0.3 is 0 Å². The quantitative estimate of drug-likeness (QED) is 0.600. The predicted molar refractivity (Wildman–Crippen MR) is 126 cm³/mol. The van der Waals surface area contributed by atoms with Gasteiger partial charge in [-0.3, -0.25) is 14.9 Å². The molecule has 166 valence electrons. The predicted octanol–water partition coefficient (Wildman–Crippen LogP) is 5.07. The standard InChI is InChI=1S/C23H31N5O2S/c1-13(2)27(14(3)4)21(30)17-18-19(28(26-17)23(6,7)8)24-22(31-18)25-20(29)16-11-9-15(5)10-12-16/h9-14H,1-8H3,(H,24,25,29). The van der Waals surface area contributed by atoms with Gasteiger partial charge in [0, 0.05) is 17.6 Å². The molecule has 3 rings (SSSR count). The Morgan fingerprint density at radius 1 is 1.06 bits per heavy atom. The van der Waals surface area contributed by atoms with Crippen LogP contribution in [0.15, 0.2) is 24.3 Å². The number of benzene rings is 1. The third kappa shape index (κ3) is 4.63. The van der Waals surface area contributed by atoms with Gasteiger partial charge in [-0.15, -0.1) is 0 Å². The van der Waals surface area contributed by atoms with Crippen LogP contribution in [0.3, 0.4) is 0 Å². The molecule has 2 heterocycles. The number of carbonyl (C=O) groups is 2. The van der Waals surface area contributed by atoms with Crippen molar-refractivity contribution >= 4 is 38.6 Å². The number of nitrogens with one attached hydrogen (secondary N) is 1. The smallest absolute Gasteiger partial charge is 0.276 e. The Bertz CT molecular complexity index is 1100. The molecule has 2 amide bonds. The van der Waals surface area contributed by atoms with Crippen molar-refractivity contribution in [3.8, 4) is 0 Å². The van der Waals surface area contributed by atoms with Gasteiger partial charge in [0.2, 0.25) is 0 Å². The number of amides is 2. The molecular weight excluding hydrogens is 410 g/mol. The minimum Gasteiger partial charge on any atom is -0.332 e. The van der Waals surface area contributed by atoms with Crippen molar-refractivity contribution in [2.24, 2.45) is 0 Å². The number of thiazole rings is 1.